The molecule has 1 heterocycles. The third-order valence-corrected chi connectivity index (χ3v) is 4.06. The van der Waals surface area contributed by atoms with Gasteiger partial charge in [0.2, 0.25) is 0 Å². The predicted molar refractivity (Wildman–Crippen MR) is 78.5 cm³/mol. The van der Waals surface area contributed by atoms with Crippen molar-refractivity contribution in [3.05, 3.63) is 35.3 Å². The molecule has 1 atom stereocenters. The molecule has 0 radical (unpaired) electrons. The van der Waals surface area contributed by atoms with Crippen molar-refractivity contribution < 1.29 is 8.94 Å². The standard InChI is InChI=1S/C14H17FN2OS/c1-9-7-11-12(17-9)6-5-10(13(11)15)8-16-19(18)14(2,3)4/h5-8,17H,1-4H3/b16-8+/t19-/m0/s1. The van der Waals surface area contributed by atoms with E-state index in [2.05, 4.69) is 9.38 Å². The van der Waals surface area contributed by atoms with Crippen LogP contribution in [0, 0.1) is 12.7 Å². The summed E-state index contributed by atoms with van der Waals surface area (Å²) in [4.78, 5) is 3.07. The zero-order chi connectivity index (χ0) is 14.2. The van der Waals surface area contributed by atoms with Crippen molar-refractivity contribution in [3.63, 3.8) is 0 Å². The maximum Gasteiger partial charge on any atom is 0.144 e. The summed E-state index contributed by atoms with van der Waals surface area (Å²) in [7, 11) is 0. The molecule has 0 amide bonds. The van der Waals surface area contributed by atoms with E-state index in [1.165, 1.54) is 6.21 Å². The van der Waals surface area contributed by atoms with Crippen molar-refractivity contribution in [1.29, 1.82) is 0 Å². The lowest BCUT2D eigenvalue weighted by atomic mass is 10.1. The van der Waals surface area contributed by atoms with Crippen LogP contribution in [0.4, 0.5) is 4.39 Å². The third kappa shape index (κ3) is 2.98. The Morgan fingerprint density at radius 2 is 2.05 bits per heavy atom. The maximum atomic E-state index is 14.2. The number of benzene rings is 1. The molecule has 1 N–H and O–H groups in total. The minimum atomic E-state index is -1.38. The Kier molecular flexibility index (Phi) is 3.69. The van der Waals surface area contributed by atoms with E-state index >= 15 is 0 Å². The van der Waals surface area contributed by atoms with Gasteiger partial charge in [-0.2, -0.15) is 0 Å². The van der Waals surface area contributed by atoms with Gasteiger partial charge < -0.3 is 9.54 Å². The van der Waals surface area contributed by atoms with Gasteiger partial charge in [0.1, 0.15) is 21.9 Å². The van der Waals surface area contributed by atoms with Gasteiger partial charge in [-0.05, 0) is 45.9 Å². The van der Waals surface area contributed by atoms with E-state index in [-0.39, 0.29) is 5.82 Å². The van der Waals surface area contributed by atoms with Crippen LogP contribution in [0.25, 0.3) is 10.9 Å². The minimum absolute atomic E-state index is 0.337. The lowest BCUT2D eigenvalue weighted by molar-refractivity contribution is 0.561. The molecular formula is C14H17FN2OS. The number of nitrogens with one attached hydrogen (secondary N) is 1. The number of aromatic nitrogens is 1. The molecule has 5 heteroatoms. The molecule has 0 bridgehead atoms. The van der Waals surface area contributed by atoms with E-state index in [0.29, 0.717) is 10.9 Å². The molecule has 0 spiro atoms. The monoisotopic (exact) mass is 280 g/mol. The Morgan fingerprint density at radius 3 is 2.68 bits per heavy atom. The Labute approximate surface area is 115 Å². The molecule has 0 unspecified atom stereocenters. The zero-order valence-electron chi connectivity index (χ0n) is 11.5. The SMILES string of the molecule is Cc1cc2c(F)c(/C=N/[S@@+]([O-])C(C)(C)C)ccc2[nH]1. The number of aromatic amines is 1. The van der Waals surface area contributed by atoms with Gasteiger partial charge >= 0.3 is 0 Å². The van der Waals surface area contributed by atoms with Gasteiger partial charge in [0.25, 0.3) is 0 Å². The summed E-state index contributed by atoms with van der Waals surface area (Å²) in [6, 6.07) is 5.19. The summed E-state index contributed by atoms with van der Waals surface area (Å²) in [5.41, 5.74) is 2.01. The highest BCUT2D eigenvalue weighted by Gasteiger charge is 2.26. The maximum absolute atomic E-state index is 14.2. The minimum Gasteiger partial charge on any atom is -0.591 e. The van der Waals surface area contributed by atoms with Crippen LogP contribution in [0.5, 0.6) is 0 Å². The lowest BCUT2D eigenvalue weighted by Gasteiger charge is -2.17. The average Bonchev–Trinajstić information content (AvgIpc) is 2.68. The highest BCUT2D eigenvalue weighted by molar-refractivity contribution is 7.91. The number of nitrogens with zero attached hydrogens (tertiary/aromatic N) is 1. The van der Waals surface area contributed by atoms with Crippen molar-refractivity contribution in [1.82, 2.24) is 4.98 Å². The molecule has 19 heavy (non-hydrogen) atoms. The number of hydrogen-bond donors (Lipinski definition) is 1. The second kappa shape index (κ2) is 4.98. The van der Waals surface area contributed by atoms with Crippen LogP contribution in [0.1, 0.15) is 32.0 Å². The first kappa shape index (κ1) is 14.1. The number of halogens is 1. The second-order valence-corrected chi connectivity index (χ2v) is 7.41. The first-order valence-electron chi connectivity index (χ1n) is 6.03. The van der Waals surface area contributed by atoms with E-state index in [9.17, 15) is 8.94 Å². The molecule has 1 aromatic carbocycles. The van der Waals surface area contributed by atoms with Crippen molar-refractivity contribution in [2.24, 2.45) is 4.40 Å². The Balaban J connectivity index is 2.36. The third-order valence-electron chi connectivity index (χ3n) is 2.71. The molecule has 0 saturated carbocycles. The van der Waals surface area contributed by atoms with Crippen molar-refractivity contribution >= 4 is 28.5 Å². The summed E-state index contributed by atoms with van der Waals surface area (Å²) >= 11 is -1.38. The molecule has 0 fully saturated rings. The van der Waals surface area contributed by atoms with Gasteiger partial charge in [0.05, 0.1) is 6.21 Å². The molecule has 3 nitrogen and oxygen atoms in total. The molecule has 0 aliphatic carbocycles. The first-order chi connectivity index (χ1) is 8.79. The van der Waals surface area contributed by atoms with E-state index < -0.39 is 16.1 Å². The normalized spacial score (nSPS) is 14.4. The van der Waals surface area contributed by atoms with Crippen molar-refractivity contribution in [2.75, 3.05) is 0 Å². The molecule has 0 aliphatic heterocycles. The van der Waals surface area contributed by atoms with Crippen LogP contribution >= 0.6 is 0 Å². The van der Waals surface area contributed by atoms with E-state index in [1.54, 1.807) is 18.2 Å². The van der Waals surface area contributed by atoms with Gasteiger partial charge in [-0.3, -0.25) is 0 Å². The largest absolute Gasteiger partial charge is 0.591 e. The molecule has 0 saturated heterocycles. The highest BCUT2D eigenvalue weighted by Crippen LogP contribution is 2.22. The van der Waals surface area contributed by atoms with Crippen LogP contribution in [-0.4, -0.2) is 20.5 Å². The van der Waals surface area contributed by atoms with Crippen LogP contribution in [-0.2, 0) is 11.4 Å². The lowest BCUT2D eigenvalue weighted by Crippen LogP contribution is -2.25. The Bertz CT molecular complexity index is 628. The fourth-order valence-corrected chi connectivity index (χ4v) is 2.21. The molecule has 1 aromatic heterocycles. The Morgan fingerprint density at radius 1 is 1.37 bits per heavy atom. The second-order valence-electron chi connectivity index (χ2n) is 5.48. The molecule has 2 aromatic rings. The van der Waals surface area contributed by atoms with Gasteiger partial charge in [0.15, 0.2) is 0 Å². The molecular weight excluding hydrogens is 263 g/mol. The quantitative estimate of drug-likeness (QED) is 0.664. The van der Waals surface area contributed by atoms with Gasteiger partial charge in [-0.15, -0.1) is 0 Å². The number of aryl methyl sites for hydroxylation is 1. The molecule has 102 valence electrons. The van der Waals surface area contributed by atoms with Gasteiger partial charge in [-0.1, -0.05) is 4.40 Å². The van der Waals surface area contributed by atoms with E-state index in [1.807, 2.05) is 27.7 Å². The van der Waals surface area contributed by atoms with Crippen LogP contribution < -0.4 is 0 Å². The summed E-state index contributed by atoms with van der Waals surface area (Å²) in [6.07, 6.45) is 1.35. The molecule has 0 aliphatic rings. The topological polar surface area (TPSA) is 51.2 Å². The van der Waals surface area contributed by atoms with Crippen LogP contribution in [0.15, 0.2) is 22.6 Å². The Hall–Kier alpha value is -1.33. The van der Waals surface area contributed by atoms with Crippen molar-refractivity contribution in [3.8, 4) is 0 Å². The van der Waals surface area contributed by atoms with E-state index in [0.717, 1.165) is 11.2 Å². The fourth-order valence-electron chi connectivity index (χ4n) is 1.69. The predicted octanol–water partition coefficient (Wildman–Crippen LogP) is 3.50. The molecule has 2 rings (SSSR count). The fraction of sp³-hybridized carbons (Fsp3) is 0.357. The van der Waals surface area contributed by atoms with E-state index in [4.69, 9.17) is 0 Å². The van der Waals surface area contributed by atoms with Crippen molar-refractivity contribution in [2.45, 2.75) is 32.4 Å². The number of H-pyrrole nitrogens is 1. The van der Waals surface area contributed by atoms with Gasteiger partial charge in [-0.25, -0.2) is 4.39 Å². The zero-order valence-corrected chi connectivity index (χ0v) is 12.3. The highest BCUT2D eigenvalue weighted by atomic mass is 32.2. The van der Waals surface area contributed by atoms with Crippen LogP contribution in [0.3, 0.4) is 0 Å². The first-order valence-corrected chi connectivity index (χ1v) is 7.13. The average molecular weight is 280 g/mol. The number of hydrogen-bond acceptors (Lipinski definition) is 2. The van der Waals surface area contributed by atoms with Gasteiger partial charge in [0, 0.05) is 22.2 Å². The summed E-state index contributed by atoms with van der Waals surface area (Å²) in [6.45, 7) is 7.36. The summed E-state index contributed by atoms with van der Waals surface area (Å²) < 4.78 is 29.5. The number of rotatable bonds is 2. The van der Waals surface area contributed by atoms with Crippen LogP contribution in [0.2, 0.25) is 0 Å². The summed E-state index contributed by atoms with van der Waals surface area (Å²) in [5.74, 6) is -0.337. The summed E-state index contributed by atoms with van der Waals surface area (Å²) in [5, 5.41) is 0.531. The smallest absolute Gasteiger partial charge is 0.144 e. The number of fused-ring (bicyclic) bond motifs is 1.